The first-order valence-corrected chi connectivity index (χ1v) is 10.8. The van der Waals surface area contributed by atoms with Crippen LogP contribution in [0.5, 0.6) is 0 Å². The molecule has 2 heterocycles. The highest BCUT2D eigenvalue weighted by Crippen LogP contribution is 2.39. The van der Waals surface area contributed by atoms with Crippen LogP contribution >= 0.6 is 0 Å². The molecule has 0 unspecified atom stereocenters. The topological polar surface area (TPSA) is 136 Å². The molecule has 2 aliphatic rings. The summed E-state index contributed by atoms with van der Waals surface area (Å²) in [6.07, 6.45) is 8.39. The van der Waals surface area contributed by atoms with Crippen molar-refractivity contribution in [2.45, 2.75) is 44.8 Å². The Morgan fingerprint density at radius 2 is 2.16 bits per heavy atom. The number of ether oxygens (including phenoxy) is 2. The first-order valence-electron chi connectivity index (χ1n) is 10.8. The molecular formula is C21H30N4O6. The molecule has 0 saturated heterocycles. The fraction of sp³-hybridized carbons (Fsp3) is 0.619. The summed E-state index contributed by atoms with van der Waals surface area (Å²) in [7, 11) is 0. The molecule has 170 valence electrons. The van der Waals surface area contributed by atoms with Crippen LogP contribution in [0.25, 0.3) is 0 Å². The number of allylic oxidation sites excluding steroid dienone is 1. The monoisotopic (exact) mass is 434 g/mol. The zero-order chi connectivity index (χ0) is 22.1. The van der Waals surface area contributed by atoms with Gasteiger partial charge >= 0.3 is 0 Å². The Hall–Kier alpha value is -2.72. The van der Waals surface area contributed by atoms with Gasteiger partial charge in [-0.1, -0.05) is 6.42 Å². The van der Waals surface area contributed by atoms with E-state index in [4.69, 9.17) is 14.6 Å². The maximum atomic E-state index is 12.6. The molecule has 3 N–H and O–H groups in total. The van der Waals surface area contributed by atoms with E-state index in [-0.39, 0.29) is 24.1 Å². The first-order chi connectivity index (χ1) is 15.1. The summed E-state index contributed by atoms with van der Waals surface area (Å²) in [5.41, 5.74) is -0.0746. The summed E-state index contributed by atoms with van der Waals surface area (Å²) in [4.78, 5) is 26.7. The maximum Gasteiger partial charge on any atom is 0.287 e. The molecule has 1 fully saturated rings. The van der Waals surface area contributed by atoms with Gasteiger partial charge in [0.25, 0.3) is 11.6 Å². The van der Waals surface area contributed by atoms with E-state index in [1.165, 1.54) is 37.6 Å². The Morgan fingerprint density at radius 1 is 1.32 bits per heavy atom. The Kier molecular flexibility index (Phi) is 8.60. The van der Waals surface area contributed by atoms with Crippen molar-refractivity contribution >= 4 is 17.4 Å². The molecule has 1 saturated carbocycles. The van der Waals surface area contributed by atoms with Crippen LogP contribution in [-0.4, -0.2) is 53.5 Å². The number of pyridine rings is 1. The lowest BCUT2D eigenvalue weighted by Crippen LogP contribution is -2.37. The SMILES string of the molecule is O=C(NCCNc1ccc([N+](=O)[O-])cn1)C1=C[C@@H](C2CCC2)C[C@@H](OCCCCO)O1. The van der Waals surface area contributed by atoms with Crippen molar-refractivity contribution in [1.29, 1.82) is 0 Å². The van der Waals surface area contributed by atoms with Gasteiger partial charge in [-0.25, -0.2) is 4.98 Å². The highest BCUT2D eigenvalue weighted by atomic mass is 16.7. The third-order valence-corrected chi connectivity index (χ3v) is 5.60. The summed E-state index contributed by atoms with van der Waals surface area (Å²) < 4.78 is 11.6. The van der Waals surface area contributed by atoms with Crippen molar-refractivity contribution < 1.29 is 24.3 Å². The van der Waals surface area contributed by atoms with Crippen LogP contribution in [0, 0.1) is 22.0 Å². The predicted molar refractivity (Wildman–Crippen MR) is 113 cm³/mol. The molecule has 0 spiro atoms. The van der Waals surface area contributed by atoms with Gasteiger partial charge in [-0.2, -0.15) is 0 Å². The Balaban J connectivity index is 1.46. The molecule has 31 heavy (non-hydrogen) atoms. The van der Waals surface area contributed by atoms with E-state index in [1.807, 2.05) is 6.08 Å². The zero-order valence-electron chi connectivity index (χ0n) is 17.5. The number of aliphatic hydroxyl groups excluding tert-OH is 1. The van der Waals surface area contributed by atoms with E-state index in [1.54, 1.807) is 0 Å². The Labute approximate surface area is 181 Å². The van der Waals surface area contributed by atoms with E-state index in [0.29, 0.717) is 43.6 Å². The second-order valence-electron chi connectivity index (χ2n) is 7.81. The molecule has 1 amide bonds. The smallest absolute Gasteiger partial charge is 0.287 e. The van der Waals surface area contributed by atoms with Crippen molar-refractivity contribution in [3.63, 3.8) is 0 Å². The lowest BCUT2D eigenvalue weighted by Gasteiger charge is -2.37. The number of carbonyl (C=O) groups excluding carboxylic acids is 1. The Morgan fingerprint density at radius 3 is 2.81 bits per heavy atom. The summed E-state index contributed by atoms with van der Waals surface area (Å²) >= 11 is 0. The number of aromatic nitrogens is 1. The van der Waals surface area contributed by atoms with Crippen LogP contribution in [0.15, 0.2) is 30.2 Å². The van der Waals surface area contributed by atoms with E-state index in [2.05, 4.69) is 15.6 Å². The van der Waals surface area contributed by atoms with Crippen molar-refractivity contribution in [3.05, 3.63) is 40.3 Å². The number of hydrogen-bond acceptors (Lipinski definition) is 8. The number of anilines is 1. The van der Waals surface area contributed by atoms with Crippen LogP contribution in [0.3, 0.4) is 0 Å². The fourth-order valence-electron chi connectivity index (χ4n) is 3.62. The molecule has 1 aliphatic heterocycles. The quantitative estimate of drug-likeness (QED) is 0.259. The van der Waals surface area contributed by atoms with Gasteiger partial charge in [0.05, 0.1) is 11.5 Å². The average molecular weight is 434 g/mol. The largest absolute Gasteiger partial charge is 0.459 e. The molecular weight excluding hydrogens is 404 g/mol. The van der Waals surface area contributed by atoms with Crippen molar-refractivity contribution in [3.8, 4) is 0 Å². The van der Waals surface area contributed by atoms with Gasteiger partial charge < -0.3 is 25.2 Å². The van der Waals surface area contributed by atoms with Gasteiger partial charge in [-0.05, 0) is 49.7 Å². The lowest BCUT2D eigenvalue weighted by atomic mass is 9.73. The number of amides is 1. The molecule has 0 aromatic carbocycles. The minimum absolute atomic E-state index is 0.0746. The second-order valence-corrected chi connectivity index (χ2v) is 7.81. The number of nitro groups is 1. The molecule has 0 radical (unpaired) electrons. The summed E-state index contributed by atoms with van der Waals surface area (Å²) in [5, 5.41) is 25.4. The van der Waals surface area contributed by atoms with Crippen molar-refractivity contribution in [1.82, 2.24) is 10.3 Å². The summed E-state index contributed by atoms with van der Waals surface area (Å²) in [6.45, 7) is 1.38. The molecule has 0 bridgehead atoms. The van der Waals surface area contributed by atoms with Gasteiger partial charge in [-0.15, -0.1) is 0 Å². The summed E-state index contributed by atoms with van der Waals surface area (Å²) in [6, 6.07) is 2.89. The van der Waals surface area contributed by atoms with E-state index >= 15 is 0 Å². The zero-order valence-corrected chi connectivity index (χ0v) is 17.5. The number of nitrogens with zero attached hydrogens (tertiary/aromatic N) is 2. The molecule has 10 nitrogen and oxygen atoms in total. The second kappa shape index (κ2) is 11.6. The number of rotatable bonds is 12. The molecule has 1 aromatic heterocycles. The maximum absolute atomic E-state index is 12.6. The molecule has 2 atom stereocenters. The molecule has 1 aromatic rings. The molecule has 1 aliphatic carbocycles. The fourth-order valence-corrected chi connectivity index (χ4v) is 3.62. The van der Waals surface area contributed by atoms with E-state index in [0.717, 1.165) is 12.8 Å². The molecule has 3 rings (SSSR count). The van der Waals surface area contributed by atoms with Crippen LogP contribution < -0.4 is 10.6 Å². The van der Waals surface area contributed by atoms with Crippen LogP contribution in [0.2, 0.25) is 0 Å². The van der Waals surface area contributed by atoms with Crippen LogP contribution in [-0.2, 0) is 14.3 Å². The van der Waals surface area contributed by atoms with Gasteiger partial charge in [0.15, 0.2) is 5.76 Å². The number of carbonyl (C=O) groups is 1. The number of unbranched alkanes of at least 4 members (excludes halogenated alkanes) is 1. The minimum Gasteiger partial charge on any atom is -0.459 e. The number of nitrogens with one attached hydrogen (secondary N) is 2. The highest BCUT2D eigenvalue weighted by molar-refractivity contribution is 5.91. The van der Waals surface area contributed by atoms with Gasteiger partial charge in [0.2, 0.25) is 6.29 Å². The standard InChI is InChI=1S/C21H30N4O6/c26-10-1-2-11-30-20-13-16(15-4-3-5-15)12-18(31-20)21(27)23-9-8-22-19-7-6-17(14-24-19)25(28)29/h6-7,12,14-16,20,26H,1-5,8-11,13H2,(H,22,24)(H,23,27)/t16-,20+/m1/s1. The number of aliphatic hydroxyl groups is 1. The van der Waals surface area contributed by atoms with Gasteiger partial charge in [0.1, 0.15) is 12.0 Å². The lowest BCUT2D eigenvalue weighted by molar-refractivity contribution is -0.385. The number of hydrogen-bond donors (Lipinski definition) is 3. The highest BCUT2D eigenvalue weighted by Gasteiger charge is 2.34. The van der Waals surface area contributed by atoms with Crippen molar-refractivity contribution in [2.24, 2.45) is 11.8 Å². The minimum atomic E-state index is -0.505. The first kappa shape index (κ1) is 23.0. The van der Waals surface area contributed by atoms with Crippen LogP contribution in [0.4, 0.5) is 11.5 Å². The summed E-state index contributed by atoms with van der Waals surface area (Å²) in [5.74, 6) is 1.35. The van der Waals surface area contributed by atoms with Gasteiger partial charge in [0, 0.05) is 32.2 Å². The van der Waals surface area contributed by atoms with Gasteiger partial charge in [-0.3, -0.25) is 14.9 Å². The third-order valence-electron chi connectivity index (χ3n) is 5.60. The molecule has 10 heteroatoms. The average Bonchev–Trinajstić information content (AvgIpc) is 2.73. The van der Waals surface area contributed by atoms with E-state index < -0.39 is 11.2 Å². The normalized spacial score (nSPS) is 20.9. The predicted octanol–water partition coefficient (Wildman–Crippen LogP) is 2.35. The Bertz CT molecular complexity index is 766. The van der Waals surface area contributed by atoms with E-state index in [9.17, 15) is 14.9 Å². The van der Waals surface area contributed by atoms with Crippen molar-refractivity contribution in [2.75, 3.05) is 31.6 Å². The third kappa shape index (κ3) is 6.90. The van der Waals surface area contributed by atoms with Crippen LogP contribution in [0.1, 0.15) is 38.5 Å².